The van der Waals surface area contributed by atoms with Gasteiger partial charge in [0.2, 0.25) is 0 Å². The Labute approximate surface area is 165 Å². The van der Waals surface area contributed by atoms with Gasteiger partial charge in [-0.2, -0.15) is 13.2 Å². The molecule has 0 spiro atoms. The Morgan fingerprint density at radius 1 is 1.00 bits per heavy atom. The standard InChI is InChI=1S/C21H18F3NO4/c1-2-29-18(26)11-14(13-7-9-15(10-8-13)21(22,23)24)12-25-19(27)16-5-3-4-6-17(16)20(25)28/h3-10,14H,2,11-12H2,1H3. The van der Waals surface area contributed by atoms with Crippen molar-refractivity contribution < 1.29 is 32.3 Å². The van der Waals surface area contributed by atoms with E-state index in [1.807, 2.05) is 0 Å². The third kappa shape index (κ3) is 4.31. The molecule has 0 bridgehead atoms. The average molecular weight is 405 g/mol. The lowest BCUT2D eigenvalue weighted by Gasteiger charge is -2.23. The molecule has 0 fully saturated rings. The Kier molecular flexibility index (Phi) is 5.72. The topological polar surface area (TPSA) is 63.7 Å². The van der Waals surface area contributed by atoms with Crippen LogP contribution < -0.4 is 0 Å². The molecule has 1 aliphatic rings. The molecule has 1 unspecified atom stereocenters. The number of esters is 1. The Balaban J connectivity index is 1.88. The molecule has 2 amide bonds. The molecule has 1 atom stereocenters. The summed E-state index contributed by atoms with van der Waals surface area (Å²) < 4.78 is 43.5. The summed E-state index contributed by atoms with van der Waals surface area (Å²) >= 11 is 0. The normalized spacial score (nSPS) is 14.7. The third-order valence-electron chi connectivity index (χ3n) is 4.71. The maximum Gasteiger partial charge on any atom is 0.416 e. The summed E-state index contributed by atoms with van der Waals surface area (Å²) in [7, 11) is 0. The van der Waals surface area contributed by atoms with Crippen LogP contribution in [0.4, 0.5) is 13.2 Å². The number of benzene rings is 2. The summed E-state index contributed by atoms with van der Waals surface area (Å²) in [5.74, 6) is -2.25. The second-order valence-corrected chi connectivity index (χ2v) is 6.59. The number of amides is 2. The molecular weight excluding hydrogens is 387 g/mol. The van der Waals surface area contributed by atoms with E-state index in [1.54, 1.807) is 19.1 Å². The number of alkyl halides is 3. The fourth-order valence-electron chi connectivity index (χ4n) is 3.28. The maximum atomic E-state index is 12.8. The lowest BCUT2D eigenvalue weighted by atomic mass is 9.94. The quantitative estimate of drug-likeness (QED) is 0.538. The Morgan fingerprint density at radius 2 is 1.55 bits per heavy atom. The Hall–Kier alpha value is -3.16. The van der Waals surface area contributed by atoms with E-state index in [1.165, 1.54) is 24.3 Å². The van der Waals surface area contributed by atoms with Crippen LogP contribution in [0.1, 0.15) is 51.1 Å². The van der Waals surface area contributed by atoms with Gasteiger partial charge in [0.1, 0.15) is 0 Å². The van der Waals surface area contributed by atoms with Gasteiger partial charge in [0, 0.05) is 12.5 Å². The molecule has 0 N–H and O–H groups in total. The molecule has 8 heteroatoms. The monoisotopic (exact) mass is 405 g/mol. The van der Waals surface area contributed by atoms with Crippen molar-refractivity contribution in [3.63, 3.8) is 0 Å². The zero-order chi connectivity index (χ0) is 21.2. The number of nitrogens with zero attached hydrogens (tertiary/aromatic N) is 1. The number of imide groups is 1. The van der Waals surface area contributed by atoms with Crippen LogP contribution in [0.5, 0.6) is 0 Å². The van der Waals surface area contributed by atoms with Gasteiger partial charge in [-0.05, 0) is 36.8 Å². The van der Waals surface area contributed by atoms with Gasteiger partial charge in [0.25, 0.3) is 11.8 Å². The predicted octanol–water partition coefficient (Wildman–Crippen LogP) is 4.04. The van der Waals surface area contributed by atoms with Gasteiger partial charge in [-0.15, -0.1) is 0 Å². The van der Waals surface area contributed by atoms with Gasteiger partial charge >= 0.3 is 12.1 Å². The molecule has 0 radical (unpaired) electrons. The van der Waals surface area contributed by atoms with E-state index >= 15 is 0 Å². The SMILES string of the molecule is CCOC(=O)CC(CN1C(=O)c2ccccc2C1=O)c1ccc(C(F)(F)F)cc1. The number of ether oxygens (including phenoxy) is 1. The zero-order valence-corrected chi connectivity index (χ0v) is 15.5. The van der Waals surface area contributed by atoms with Crippen LogP contribution >= 0.6 is 0 Å². The fraction of sp³-hybridized carbons (Fsp3) is 0.286. The smallest absolute Gasteiger partial charge is 0.416 e. The van der Waals surface area contributed by atoms with Crippen molar-refractivity contribution in [1.29, 1.82) is 0 Å². The first-order valence-electron chi connectivity index (χ1n) is 9.00. The second-order valence-electron chi connectivity index (χ2n) is 6.59. The number of hydrogen-bond acceptors (Lipinski definition) is 4. The molecule has 2 aromatic rings. The van der Waals surface area contributed by atoms with Crippen LogP contribution in [-0.4, -0.2) is 35.8 Å². The van der Waals surface area contributed by atoms with Crippen molar-refractivity contribution in [1.82, 2.24) is 4.90 Å². The van der Waals surface area contributed by atoms with Crippen molar-refractivity contribution in [3.05, 3.63) is 70.8 Å². The molecule has 1 heterocycles. The Morgan fingerprint density at radius 3 is 2.03 bits per heavy atom. The summed E-state index contributed by atoms with van der Waals surface area (Å²) in [4.78, 5) is 38.3. The summed E-state index contributed by atoms with van der Waals surface area (Å²) in [6.07, 6.45) is -4.66. The molecule has 1 aliphatic heterocycles. The highest BCUT2D eigenvalue weighted by atomic mass is 19.4. The number of carbonyl (C=O) groups is 3. The second kappa shape index (κ2) is 8.06. The highest BCUT2D eigenvalue weighted by Gasteiger charge is 2.37. The summed E-state index contributed by atoms with van der Waals surface area (Å²) in [5.41, 5.74) is 0.110. The van der Waals surface area contributed by atoms with E-state index in [4.69, 9.17) is 4.74 Å². The number of hydrogen-bond donors (Lipinski definition) is 0. The van der Waals surface area contributed by atoms with Gasteiger partial charge in [-0.25, -0.2) is 0 Å². The predicted molar refractivity (Wildman–Crippen MR) is 97.2 cm³/mol. The molecule has 3 rings (SSSR count). The highest BCUT2D eigenvalue weighted by Crippen LogP contribution is 2.32. The molecule has 0 saturated carbocycles. The Bertz CT molecular complexity index is 903. The number of rotatable bonds is 6. The molecule has 0 aromatic heterocycles. The van der Waals surface area contributed by atoms with Crippen LogP contribution in [-0.2, 0) is 15.7 Å². The average Bonchev–Trinajstić information content (AvgIpc) is 2.92. The minimum absolute atomic E-state index is 0.142. The van der Waals surface area contributed by atoms with Crippen LogP contribution in [0.3, 0.4) is 0 Å². The van der Waals surface area contributed by atoms with Gasteiger partial charge in [-0.3, -0.25) is 19.3 Å². The minimum atomic E-state index is -4.49. The van der Waals surface area contributed by atoms with Crippen LogP contribution in [0.2, 0.25) is 0 Å². The van der Waals surface area contributed by atoms with Crippen molar-refractivity contribution in [2.75, 3.05) is 13.2 Å². The molecule has 0 aliphatic carbocycles. The minimum Gasteiger partial charge on any atom is -0.466 e. The molecule has 152 valence electrons. The van der Waals surface area contributed by atoms with Crippen LogP contribution in [0, 0.1) is 0 Å². The van der Waals surface area contributed by atoms with E-state index in [-0.39, 0.29) is 30.7 Å². The molecule has 29 heavy (non-hydrogen) atoms. The summed E-state index contributed by atoms with van der Waals surface area (Å²) in [6, 6.07) is 10.7. The van der Waals surface area contributed by atoms with Gasteiger partial charge in [0.15, 0.2) is 0 Å². The first-order valence-corrected chi connectivity index (χ1v) is 9.00. The van der Waals surface area contributed by atoms with Crippen molar-refractivity contribution >= 4 is 17.8 Å². The van der Waals surface area contributed by atoms with Crippen molar-refractivity contribution in [3.8, 4) is 0 Å². The zero-order valence-electron chi connectivity index (χ0n) is 15.5. The first-order chi connectivity index (χ1) is 13.7. The largest absolute Gasteiger partial charge is 0.466 e. The fourth-order valence-corrected chi connectivity index (χ4v) is 3.28. The van der Waals surface area contributed by atoms with E-state index in [0.29, 0.717) is 5.56 Å². The summed E-state index contributed by atoms with van der Waals surface area (Å²) in [6.45, 7) is 1.64. The first kappa shape index (κ1) is 20.6. The molecular formula is C21H18F3NO4. The van der Waals surface area contributed by atoms with Gasteiger partial charge in [-0.1, -0.05) is 24.3 Å². The van der Waals surface area contributed by atoms with E-state index < -0.39 is 35.4 Å². The van der Waals surface area contributed by atoms with Gasteiger partial charge < -0.3 is 4.74 Å². The van der Waals surface area contributed by atoms with Crippen molar-refractivity contribution in [2.24, 2.45) is 0 Å². The van der Waals surface area contributed by atoms with Crippen LogP contribution in [0.25, 0.3) is 0 Å². The van der Waals surface area contributed by atoms with Gasteiger partial charge in [0.05, 0.1) is 29.7 Å². The third-order valence-corrected chi connectivity index (χ3v) is 4.71. The van der Waals surface area contributed by atoms with E-state index in [9.17, 15) is 27.6 Å². The van der Waals surface area contributed by atoms with E-state index in [0.717, 1.165) is 17.0 Å². The molecule has 5 nitrogen and oxygen atoms in total. The highest BCUT2D eigenvalue weighted by molar-refractivity contribution is 6.21. The van der Waals surface area contributed by atoms with Crippen LogP contribution in [0.15, 0.2) is 48.5 Å². The lowest BCUT2D eigenvalue weighted by molar-refractivity contribution is -0.143. The van der Waals surface area contributed by atoms with Crippen molar-refractivity contribution in [2.45, 2.75) is 25.4 Å². The lowest BCUT2D eigenvalue weighted by Crippen LogP contribution is -2.34. The molecule has 2 aromatic carbocycles. The van der Waals surface area contributed by atoms with E-state index in [2.05, 4.69) is 0 Å². The summed E-state index contributed by atoms with van der Waals surface area (Å²) in [5, 5.41) is 0. The maximum absolute atomic E-state index is 12.8. The number of halogens is 3. The molecule has 0 saturated heterocycles. The number of carbonyl (C=O) groups excluding carboxylic acids is 3. The number of fused-ring (bicyclic) bond motifs is 1.